The van der Waals surface area contributed by atoms with Gasteiger partial charge < -0.3 is 5.32 Å². The molecule has 1 amide bonds. The summed E-state index contributed by atoms with van der Waals surface area (Å²) in [5.74, 6) is -0.421. The van der Waals surface area contributed by atoms with Crippen molar-refractivity contribution in [3.8, 4) is 5.69 Å². The zero-order valence-corrected chi connectivity index (χ0v) is 14.2. The van der Waals surface area contributed by atoms with E-state index in [4.69, 9.17) is 0 Å². The normalized spacial score (nSPS) is 15.6. The Hall–Kier alpha value is -3.03. The Morgan fingerprint density at radius 2 is 2.08 bits per heavy atom. The molecule has 0 fully saturated rings. The minimum atomic E-state index is -0.550. The van der Waals surface area contributed by atoms with Crippen LogP contribution in [0, 0.1) is 15.5 Å². The highest BCUT2D eigenvalue weighted by molar-refractivity contribution is 5.99. The van der Waals surface area contributed by atoms with E-state index in [1.54, 1.807) is 0 Å². The molecular weight excluding hydrogens is 324 g/mol. The number of amides is 1. The summed E-state index contributed by atoms with van der Waals surface area (Å²) in [4.78, 5) is 35.0. The first-order valence-electron chi connectivity index (χ1n) is 7.84. The van der Waals surface area contributed by atoms with E-state index >= 15 is 0 Å². The van der Waals surface area contributed by atoms with Gasteiger partial charge in [-0.25, -0.2) is 4.68 Å². The Morgan fingerprint density at radius 1 is 1.36 bits per heavy atom. The molecule has 0 radical (unpaired) electrons. The fraction of sp³-hybridized carbons (Fsp3) is 0.353. The van der Waals surface area contributed by atoms with Crippen LogP contribution in [0.25, 0.3) is 5.69 Å². The number of Topliss-reactive ketones (excluding diaryl/α,β-unsaturated/α-hetero) is 1. The number of hydrogen-bond donors (Lipinski definition) is 1. The predicted octanol–water partition coefficient (Wildman–Crippen LogP) is 2.30. The number of nitrogens with one attached hydrogen (secondary N) is 1. The molecule has 1 aromatic carbocycles. The zero-order valence-electron chi connectivity index (χ0n) is 14.2. The van der Waals surface area contributed by atoms with E-state index < -0.39 is 10.8 Å². The Kier molecular flexibility index (Phi) is 3.90. The minimum absolute atomic E-state index is 0.0119. The fourth-order valence-electron chi connectivity index (χ4n) is 3.16. The Bertz CT molecular complexity index is 898. The molecule has 0 aliphatic heterocycles. The smallest absolute Gasteiger partial charge is 0.295 e. The van der Waals surface area contributed by atoms with Gasteiger partial charge in [0.15, 0.2) is 5.78 Å². The summed E-state index contributed by atoms with van der Waals surface area (Å²) in [7, 11) is 1.46. The number of nitro groups is 1. The Balaban J connectivity index is 2.17. The van der Waals surface area contributed by atoms with Crippen molar-refractivity contribution >= 4 is 17.4 Å². The van der Waals surface area contributed by atoms with Crippen molar-refractivity contribution in [2.75, 3.05) is 7.05 Å². The highest BCUT2D eigenvalue weighted by atomic mass is 16.6. The number of ketones is 1. The monoisotopic (exact) mass is 342 g/mol. The second-order valence-corrected chi connectivity index (χ2v) is 6.90. The third kappa shape index (κ3) is 2.90. The van der Waals surface area contributed by atoms with Gasteiger partial charge in [-0.1, -0.05) is 13.8 Å². The number of hydrogen-bond acceptors (Lipinski definition) is 5. The molecule has 3 rings (SSSR count). The van der Waals surface area contributed by atoms with Crippen LogP contribution in [-0.4, -0.2) is 33.4 Å². The van der Waals surface area contributed by atoms with Crippen molar-refractivity contribution in [2.45, 2.75) is 26.7 Å². The predicted molar refractivity (Wildman–Crippen MR) is 90.0 cm³/mol. The molecule has 1 aliphatic carbocycles. The first kappa shape index (κ1) is 16.8. The molecule has 1 N–H and O–H groups in total. The second kappa shape index (κ2) is 5.80. The van der Waals surface area contributed by atoms with Gasteiger partial charge in [0.2, 0.25) is 0 Å². The number of nitro benzene ring substituents is 1. The van der Waals surface area contributed by atoms with Crippen LogP contribution in [0.5, 0.6) is 0 Å². The van der Waals surface area contributed by atoms with Crippen molar-refractivity contribution in [2.24, 2.45) is 5.41 Å². The van der Waals surface area contributed by atoms with Gasteiger partial charge in [0.05, 0.1) is 22.4 Å². The minimum Gasteiger partial charge on any atom is -0.355 e. The number of carbonyl (C=O) groups excluding carboxylic acids is 2. The molecular formula is C17H18N4O4. The van der Waals surface area contributed by atoms with Crippen molar-refractivity contribution in [1.29, 1.82) is 0 Å². The molecule has 1 heterocycles. The van der Waals surface area contributed by atoms with Gasteiger partial charge >= 0.3 is 0 Å². The summed E-state index contributed by atoms with van der Waals surface area (Å²) in [6.07, 6.45) is 2.47. The highest BCUT2D eigenvalue weighted by Crippen LogP contribution is 2.36. The lowest BCUT2D eigenvalue weighted by Crippen LogP contribution is -2.28. The van der Waals surface area contributed by atoms with E-state index in [9.17, 15) is 19.7 Å². The van der Waals surface area contributed by atoms with E-state index in [1.807, 2.05) is 13.8 Å². The molecule has 1 aromatic heterocycles. The molecule has 0 unspecified atom stereocenters. The van der Waals surface area contributed by atoms with Gasteiger partial charge in [-0.05, 0) is 24.0 Å². The molecule has 2 aromatic rings. The van der Waals surface area contributed by atoms with Crippen molar-refractivity contribution in [3.63, 3.8) is 0 Å². The van der Waals surface area contributed by atoms with Crippen LogP contribution in [0.15, 0.2) is 24.4 Å². The number of rotatable bonds is 3. The van der Waals surface area contributed by atoms with Gasteiger partial charge in [0.25, 0.3) is 11.6 Å². The van der Waals surface area contributed by atoms with E-state index in [0.717, 1.165) is 0 Å². The van der Waals surface area contributed by atoms with Crippen LogP contribution in [0.2, 0.25) is 0 Å². The Morgan fingerprint density at radius 3 is 2.72 bits per heavy atom. The summed E-state index contributed by atoms with van der Waals surface area (Å²) < 4.78 is 1.44. The highest BCUT2D eigenvalue weighted by Gasteiger charge is 2.35. The quantitative estimate of drug-likeness (QED) is 0.680. The molecule has 0 saturated heterocycles. The molecule has 25 heavy (non-hydrogen) atoms. The number of fused-ring (bicyclic) bond motifs is 1. The van der Waals surface area contributed by atoms with Gasteiger partial charge in [0, 0.05) is 25.1 Å². The summed E-state index contributed by atoms with van der Waals surface area (Å²) in [5, 5.41) is 18.2. The number of aromatic nitrogens is 2. The van der Waals surface area contributed by atoms with Crippen LogP contribution in [0.1, 0.15) is 46.7 Å². The summed E-state index contributed by atoms with van der Waals surface area (Å²) in [5.41, 5.74) is 1.13. The van der Waals surface area contributed by atoms with Gasteiger partial charge in [-0.3, -0.25) is 19.7 Å². The SMILES string of the molecule is CNC(=O)c1ccc(-n2ncc3c2CC(C)(C)CC3=O)c([N+](=O)[O-])c1. The van der Waals surface area contributed by atoms with E-state index in [-0.39, 0.29) is 28.1 Å². The molecule has 1 aliphatic rings. The summed E-state index contributed by atoms with van der Waals surface area (Å²) >= 11 is 0. The van der Waals surface area contributed by atoms with Crippen LogP contribution >= 0.6 is 0 Å². The molecule has 0 bridgehead atoms. The van der Waals surface area contributed by atoms with E-state index in [2.05, 4.69) is 10.4 Å². The maximum absolute atomic E-state index is 12.3. The molecule has 0 saturated carbocycles. The summed E-state index contributed by atoms with van der Waals surface area (Å²) in [6, 6.07) is 4.21. The molecule has 8 nitrogen and oxygen atoms in total. The van der Waals surface area contributed by atoms with Gasteiger partial charge in [-0.15, -0.1) is 0 Å². The Labute approximate surface area is 144 Å². The lowest BCUT2D eigenvalue weighted by Gasteiger charge is -2.28. The van der Waals surface area contributed by atoms with Crippen LogP contribution in [-0.2, 0) is 6.42 Å². The number of benzene rings is 1. The van der Waals surface area contributed by atoms with Crippen LogP contribution in [0.3, 0.4) is 0 Å². The third-order valence-corrected chi connectivity index (χ3v) is 4.34. The standard InChI is InChI=1S/C17H18N4O4/c1-17(2)7-14-11(15(22)8-17)9-19-20(14)12-5-4-10(16(23)18-3)6-13(12)21(24)25/h4-6,9H,7-8H2,1-3H3,(H,18,23). The second-order valence-electron chi connectivity index (χ2n) is 6.90. The number of nitrogens with zero attached hydrogens (tertiary/aromatic N) is 3. The van der Waals surface area contributed by atoms with Gasteiger partial charge in [0.1, 0.15) is 5.69 Å². The zero-order chi connectivity index (χ0) is 18.4. The van der Waals surface area contributed by atoms with Crippen molar-refractivity contribution in [1.82, 2.24) is 15.1 Å². The van der Waals surface area contributed by atoms with E-state index in [1.165, 1.54) is 36.1 Å². The number of carbonyl (C=O) groups is 2. The lowest BCUT2D eigenvalue weighted by molar-refractivity contribution is -0.384. The average molecular weight is 342 g/mol. The maximum atomic E-state index is 12.3. The largest absolute Gasteiger partial charge is 0.355 e. The topological polar surface area (TPSA) is 107 Å². The molecule has 0 atom stereocenters. The van der Waals surface area contributed by atoms with Gasteiger partial charge in [-0.2, -0.15) is 5.10 Å². The van der Waals surface area contributed by atoms with Crippen LogP contribution < -0.4 is 5.32 Å². The maximum Gasteiger partial charge on any atom is 0.295 e. The lowest BCUT2D eigenvalue weighted by atomic mass is 9.76. The fourth-order valence-corrected chi connectivity index (χ4v) is 3.16. The van der Waals surface area contributed by atoms with Crippen molar-refractivity contribution in [3.05, 3.63) is 51.3 Å². The van der Waals surface area contributed by atoms with Crippen molar-refractivity contribution < 1.29 is 14.5 Å². The summed E-state index contributed by atoms with van der Waals surface area (Å²) in [6.45, 7) is 3.96. The molecule has 130 valence electrons. The first-order valence-corrected chi connectivity index (χ1v) is 7.84. The average Bonchev–Trinajstić information content (AvgIpc) is 2.95. The van der Waals surface area contributed by atoms with E-state index in [0.29, 0.717) is 24.1 Å². The third-order valence-electron chi connectivity index (χ3n) is 4.34. The molecule has 0 spiro atoms. The first-order chi connectivity index (χ1) is 11.7. The van der Waals surface area contributed by atoms with Crippen LogP contribution in [0.4, 0.5) is 5.69 Å². The molecule has 8 heteroatoms.